The summed E-state index contributed by atoms with van der Waals surface area (Å²) < 4.78 is 11.2. The Morgan fingerprint density at radius 3 is 2.77 bits per heavy atom. The molecular weight excluding hydrogens is 400 g/mol. The first-order chi connectivity index (χ1) is 12.6. The molecule has 1 aliphatic rings. The van der Waals surface area contributed by atoms with E-state index in [1.54, 1.807) is 19.2 Å². The molecule has 26 heavy (non-hydrogen) atoms. The van der Waals surface area contributed by atoms with Crippen LogP contribution in [0.1, 0.15) is 16.4 Å². The lowest BCUT2D eigenvalue weighted by atomic mass is 10.3. The highest BCUT2D eigenvalue weighted by atomic mass is 79.9. The van der Waals surface area contributed by atoms with Crippen molar-refractivity contribution in [3.8, 4) is 5.75 Å². The number of nitrogens with zero attached hydrogens (tertiary/aromatic N) is 3. The zero-order valence-corrected chi connectivity index (χ0v) is 16.0. The van der Waals surface area contributed by atoms with E-state index in [2.05, 4.69) is 30.8 Å². The predicted molar refractivity (Wildman–Crippen MR) is 100 cm³/mol. The maximum absolute atomic E-state index is 12.4. The Bertz CT molecular complexity index is 928. The Morgan fingerprint density at radius 2 is 2.08 bits per heavy atom. The number of benzene rings is 1. The molecule has 4 rings (SSSR count). The smallest absolute Gasteiger partial charge is 0.289 e. The molecular formula is C18H19BrN4O3. The van der Waals surface area contributed by atoms with Crippen LogP contribution in [0.5, 0.6) is 5.75 Å². The van der Waals surface area contributed by atoms with E-state index >= 15 is 0 Å². The quantitative estimate of drug-likeness (QED) is 0.704. The summed E-state index contributed by atoms with van der Waals surface area (Å²) in [5.74, 6) is 2.04. The Kier molecular flexibility index (Phi) is 4.69. The summed E-state index contributed by atoms with van der Waals surface area (Å²) >= 11 is 3.23. The second-order valence-corrected chi connectivity index (χ2v) is 7.02. The number of hydrogen-bond donors (Lipinski definition) is 1. The number of H-pyrrole nitrogens is 1. The van der Waals surface area contributed by atoms with Gasteiger partial charge in [0, 0.05) is 32.2 Å². The Labute approximate surface area is 159 Å². The van der Waals surface area contributed by atoms with Crippen LogP contribution in [0.4, 0.5) is 0 Å². The number of halogens is 1. The van der Waals surface area contributed by atoms with Gasteiger partial charge in [0.2, 0.25) is 0 Å². The van der Waals surface area contributed by atoms with E-state index in [-0.39, 0.29) is 5.91 Å². The van der Waals surface area contributed by atoms with Gasteiger partial charge in [-0.3, -0.25) is 9.69 Å². The van der Waals surface area contributed by atoms with Gasteiger partial charge in [-0.15, -0.1) is 0 Å². The summed E-state index contributed by atoms with van der Waals surface area (Å²) in [5, 5.41) is 0. The number of imidazole rings is 1. The monoisotopic (exact) mass is 418 g/mol. The molecule has 1 amide bonds. The van der Waals surface area contributed by atoms with Crippen molar-refractivity contribution in [3.63, 3.8) is 0 Å². The summed E-state index contributed by atoms with van der Waals surface area (Å²) in [5.41, 5.74) is 1.90. The zero-order valence-electron chi connectivity index (χ0n) is 14.4. The SMILES string of the molecule is COc1ccc2nc(CN3CCN(C(=O)c4ccc(Br)o4)CC3)[nH]c2c1. The molecule has 0 radical (unpaired) electrons. The lowest BCUT2D eigenvalue weighted by Crippen LogP contribution is -2.48. The fourth-order valence-corrected chi connectivity index (χ4v) is 3.46. The molecule has 136 valence electrons. The number of aromatic nitrogens is 2. The van der Waals surface area contributed by atoms with Gasteiger partial charge >= 0.3 is 0 Å². The molecule has 0 aliphatic carbocycles. The number of hydrogen-bond acceptors (Lipinski definition) is 5. The van der Waals surface area contributed by atoms with Crippen LogP contribution in [0.15, 0.2) is 39.4 Å². The molecule has 0 unspecified atom stereocenters. The number of amides is 1. The minimum absolute atomic E-state index is 0.0637. The van der Waals surface area contributed by atoms with Gasteiger partial charge in [0.1, 0.15) is 11.6 Å². The van der Waals surface area contributed by atoms with E-state index in [1.807, 2.05) is 23.1 Å². The average molecular weight is 419 g/mol. The molecule has 3 aromatic rings. The number of furan rings is 1. The maximum Gasteiger partial charge on any atom is 0.289 e. The fourth-order valence-electron chi connectivity index (χ4n) is 3.15. The average Bonchev–Trinajstić information content (AvgIpc) is 3.26. The van der Waals surface area contributed by atoms with Crippen molar-refractivity contribution in [1.82, 2.24) is 19.8 Å². The molecule has 0 bridgehead atoms. The number of aromatic amines is 1. The summed E-state index contributed by atoms with van der Waals surface area (Å²) in [6, 6.07) is 9.24. The third kappa shape index (κ3) is 3.47. The third-order valence-electron chi connectivity index (χ3n) is 4.55. The van der Waals surface area contributed by atoms with E-state index in [9.17, 15) is 4.79 Å². The molecule has 1 aromatic carbocycles. The summed E-state index contributed by atoms with van der Waals surface area (Å²) in [6.45, 7) is 3.67. The number of ether oxygens (including phenoxy) is 1. The Hall–Kier alpha value is -2.32. The van der Waals surface area contributed by atoms with Gasteiger partial charge in [-0.05, 0) is 40.2 Å². The zero-order chi connectivity index (χ0) is 18.1. The standard InChI is InChI=1S/C18H19BrN4O3/c1-25-12-2-3-13-14(10-12)21-17(20-13)11-22-6-8-23(9-7-22)18(24)15-4-5-16(19)26-15/h2-5,10H,6-9,11H2,1H3,(H,20,21). The van der Waals surface area contributed by atoms with Crippen LogP contribution in [-0.2, 0) is 6.54 Å². The number of methoxy groups -OCH3 is 1. The molecule has 0 spiro atoms. The van der Waals surface area contributed by atoms with E-state index in [1.165, 1.54) is 0 Å². The van der Waals surface area contributed by atoms with Crippen LogP contribution in [-0.4, -0.2) is 59.0 Å². The first-order valence-corrected chi connectivity index (χ1v) is 9.21. The van der Waals surface area contributed by atoms with Gasteiger partial charge in [0.15, 0.2) is 10.4 Å². The minimum Gasteiger partial charge on any atom is -0.497 e. The van der Waals surface area contributed by atoms with Crippen molar-refractivity contribution in [3.05, 3.63) is 46.6 Å². The maximum atomic E-state index is 12.4. The Morgan fingerprint density at radius 1 is 1.27 bits per heavy atom. The van der Waals surface area contributed by atoms with Crippen molar-refractivity contribution < 1.29 is 13.9 Å². The van der Waals surface area contributed by atoms with E-state index < -0.39 is 0 Å². The number of fused-ring (bicyclic) bond motifs is 1. The summed E-state index contributed by atoms with van der Waals surface area (Å²) in [4.78, 5) is 24.5. The largest absolute Gasteiger partial charge is 0.497 e. The van der Waals surface area contributed by atoms with Gasteiger partial charge in [-0.2, -0.15) is 0 Å². The fraction of sp³-hybridized carbons (Fsp3) is 0.333. The molecule has 1 fully saturated rings. The van der Waals surface area contributed by atoms with Gasteiger partial charge < -0.3 is 19.0 Å². The van der Waals surface area contributed by atoms with Crippen molar-refractivity contribution in [2.24, 2.45) is 0 Å². The molecule has 0 saturated carbocycles. The molecule has 3 heterocycles. The van der Waals surface area contributed by atoms with Crippen LogP contribution in [0, 0.1) is 0 Å². The highest BCUT2D eigenvalue weighted by molar-refractivity contribution is 9.10. The summed E-state index contributed by atoms with van der Waals surface area (Å²) in [6.07, 6.45) is 0. The number of carbonyl (C=O) groups is 1. The van der Waals surface area contributed by atoms with E-state index in [0.29, 0.717) is 23.5 Å². The van der Waals surface area contributed by atoms with E-state index in [0.717, 1.165) is 42.2 Å². The predicted octanol–water partition coefficient (Wildman–Crippen LogP) is 2.89. The second kappa shape index (κ2) is 7.13. The first kappa shape index (κ1) is 17.1. The number of rotatable bonds is 4. The summed E-state index contributed by atoms with van der Waals surface area (Å²) in [7, 11) is 1.65. The Balaban J connectivity index is 1.37. The number of carbonyl (C=O) groups excluding carboxylic acids is 1. The van der Waals surface area contributed by atoms with Crippen molar-refractivity contribution >= 4 is 32.9 Å². The highest BCUT2D eigenvalue weighted by Crippen LogP contribution is 2.20. The van der Waals surface area contributed by atoms with Crippen molar-refractivity contribution in [1.29, 1.82) is 0 Å². The number of piperazine rings is 1. The van der Waals surface area contributed by atoms with Crippen LogP contribution in [0.25, 0.3) is 11.0 Å². The molecule has 8 heteroatoms. The van der Waals surface area contributed by atoms with Gasteiger partial charge in [0.25, 0.3) is 5.91 Å². The molecule has 7 nitrogen and oxygen atoms in total. The molecule has 1 aliphatic heterocycles. The van der Waals surface area contributed by atoms with Crippen molar-refractivity contribution in [2.45, 2.75) is 6.54 Å². The molecule has 1 N–H and O–H groups in total. The van der Waals surface area contributed by atoms with Crippen LogP contribution in [0.2, 0.25) is 0 Å². The van der Waals surface area contributed by atoms with Gasteiger partial charge in [-0.1, -0.05) is 0 Å². The van der Waals surface area contributed by atoms with Crippen molar-refractivity contribution in [2.75, 3.05) is 33.3 Å². The first-order valence-electron chi connectivity index (χ1n) is 8.42. The molecule has 2 aromatic heterocycles. The second-order valence-electron chi connectivity index (χ2n) is 6.24. The van der Waals surface area contributed by atoms with Crippen LogP contribution in [0.3, 0.4) is 0 Å². The lowest BCUT2D eigenvalue weighted by molar-refractivity contribution is 0.0594. The highest BCUT2D eigenvalue weighted by Gasteiger charge is 2.24. The number of nitrogens with one attached hydrogen (secondary N) is 1. The van der Waals surface area contributed by atoms with Gasteiger partial charge in [0.05, 0.1) is 24.7 Å². The van der Waals surface area contributed by atoms with Gasteiger partial charge in [-0.25, -0.2) is 4.98 Å². The lowest BCUT2D eigenvalue weighted by Gasteiger charge is -2.33. The van der Waals surface area contributed by atoms with Crippen LogP contribution < -0.4 is 4.74 Å². The topological polar surface area (TPSA) is 74.6 Å². The van der Waals surface area contributed by atoms with E-state index in [4.69, 9.17) is 9.15 Å². The normalized spacial score (nSPS) is 15.5. The van der Waals surface area contributed by atoms with Crippen LogP contribution >= 0.6 is 15.9 Å². The third-order valence-corrected chi connectivity index (χ3v) is 4.98. The molecule has 0 atom stereocenters. The molecule has 1 saturated heterocycles. The minimum atomic E-state index is -0.0637.